The van der Waals surface area contributed by atoms with Gasteiger partial charge in [-0.3, -0.25) is 14.3 Å². The van der Waals surface area contributed by atoms with E-state index in [2.05, 4.69) is 20.5 Å². The number of anilines is 1. The zero-order valence-electron chi connectivity index (χ0n) is 23.7. The van der Waals surface area contributed by atoms with Crippen LogP contribution in [0.15, 0.2) is 67.0 Å². The fourth-order valence-corrected chi connectivity index (χ4v) is 4.82. The van der Waals surface area contributed by atoms with Crippen molar-refractivity contribution in [2.75, 3.05) is 45.8 Å². The first-order valence-corrected chi connectivity index (χ1v) is 13.9. The molecule has 0 spiro atoms. The molecule has 0 unspecified atom stereocenters. The van der Waals surface area contributed by atoms with Gasteiger partial charge >= 0.3 is 6.03 Å². The molecule has 0 saturated carbocycles. The summed E-state index contributed by atoms with van der Waals surface area (Å²) in [7, 11) is 3.16. The molecular weight excluding hydrogens is 538 g/mol. The summed E-state index contributed by atoms with van der Waals surface area (Å²) in [5, 5.41) is 16.0. The van der Waals surface area contributed by atoms with Gasteiger partial charge in [-0.05, 0) is 48.7 Å². The van der Waals surface area contributed by atoms with E-state index in [9.17, 15) is 14.7 Å². The highest BCUT2D eigenvalue weighted by Crippen LogP contribution is 2.36. The van der Waals surface area contributed by atoms with Crippen LogP contribution in [0.25, 0.3) is 10.9 Å². The molecular formula is C31H35N5O6. The molecule has 0 aliphatic carbocycles. The van der Waals surface area contributed by atoms with Crippen LogP contribution < -0.4 is 20.1 Å². The summed E-state index contributed by atoms with van der Waals surface area (Å²) in [6, 6.07) is 15.9. The fraction of sp³-hybridized carbons (Fsp3) is 0.323. The Labute approximate surface area is 244 Å². The zero-order chi connectivity index (χ0) is 29.5. The van der Waals surface area contributed by atoms with Crippen LogP contribution >= 0.6 is 0 Å². The minimum Gasteiger partial charge on any atom is -0.487 e. The van der Waals surface area contributed by atoms with Crippen molar-refractivity contribution in [1.82, 2.24) is 19.8 Å². The molecule has 2 aromatic carbocycles. The average Bonchev–Trinajstić information content (AvgIpc) is 3.41. The molecule has 220 valence electrons. The number of ether oxygens (including phenoxy) is 3. The number of aromatic nitrogens is 2. The third kappa shape index (κ3) is 7.06. The van der Waals surface area contributed by atoms with Gasteiger partial charge in [-0.25, -0.2) is 9.78 Å². The Morgan fingerprint density at radius 1 is 1.02 bits per heavy atom. The maximum Gasteiger partial charge on any atom is 0.325 e. The molecule has 5 rings (SSSR count). The lowest BCUT2D eigenvalue weighted by Gasteiger charge is -2.29. The summed E-state index contributed by atoms with van der Waals surface area (Å²) in [6.45, 7) is 3.18. The number of aliphatic hydroxyl groups is 1. The van der Waals surface area contributed by atoms with E-state index >= 15 is 0 Å². The van der Waals surface area contributed by atoms with Crippen LogP contribution in [0.1, 0.15) is 28.8 Å². The van der Waals surface area contributed by atoms with E-state index in [1.807, 2.05) is 18.2 Å². The van der Waals surface area contributed by atoms with Gasteiger partial charge in [-0.1, -0.05) is 12.1 Å². The van der Waals surface area contributed by atoms with Crippen LogP contribution in [0.2, 0.25) is 0 Å². The second kappa shape index (κ2) is 13.5. The number of carbonyl (C=O) groups is 2. The molecule has 0 radical (unpaired) electrons. The molecule has 0 bridgehead atoms. The summed E-state index contributed by atoms with van der Waals surface area (Å²) < 4.78 is 18.7. The number of nitrogens with one attached hydrogen (secondary N) is 2. The predicted octanol–water partition coefficient (Wildman–Crippen LogP) is 4.25. The Morgan fingerprint density at radius 2 is 1.81 bits per heavy atom. The van der Waals surface area contributed by atoms with Gasteiger partial charge in [0.05, 0.1) is 18.2 Å². The second-order valence-electron chi connectivity index (χ2n) is 10.1. The van der Waals surface area contributed by atoms with Crippen LogP contribution in [-0.4, -0.2) is 78.1 Å². The maximum absolute atomic E-state index is 13.0. The molecule has 11 nitrogen and oxygen atoms in total. The third-order valence-corrected chi connectivity index (χ3v) is 7.11. The largest absolute Gasteiger partial charge is 0.487 e. The number of methoxy groups -OCH3 is 1. The maximum atomic E-state index is 13.0. The highest BCUT2D eigenvalue weighted by Gasteiger charge is 2.18. The second-order valence-corrected chi connectivity index (χ2v) is 10.1. The molecule has 42 heavy (non-hydrogen) atoms. The number of fused-ring (bicyclic) bond motifs is 1. The van der Waals surface area contributed by atoms with Gasteiger partial charge in [0, 0.05) is 69.3 Å². The minimum atomic E-state index is -0.284. The molecule has 2 aromatic heterocycles. The van der Waals surface area contributed by atoms with E-state index in [4.69, 9.17) is 14.2 Å². The topological polar surface area (TPSA) is 127 Å². The minimum absolute atomic E-state index is 0.201. The number of carbonyl (C=O) groups excluding carboxylic acids is 2. The van der Waals surface area contributed by atoms with Gasteiger partial charge in [-0.15, -0.1) is 0 Å². The van der Waals surface area contributed by atoms with Gasteiger partial charge in [0.1, 0.15) is 18.2 Å². The van der Waals surface area contributed by atoms with E-state index in [0.717, 1.165) is 43.4 Å². The van der Waals surface area contributed by atoms with E-state index in [1.165, 1.54) is 4.57 Å². The van der Waals surface area contributed by atoms with Crippen molar-refractivity contribution in [3.05, 3.63) is 78.1 Å². The molecule has 0 atom stereocenters. The lowest BCUT2D eigenvalue weighted by molar-refractivity contribution is 0.0792. The first kappa shape index (κ1) is 29.1. The summed E-state index contributed by atoms with van der Waals surface area (Å²) >= 11 is 0. The van der Waals surface area contributed by atoms with Gasteiger partial charge in [0.25, 0.3) is 5.91 Å². The van der Waals surface area contributed by atoms with E-state index in [1.54, 1.807) is 62.9 Å². The Balaban J connectivity index is 1.28. The van der Waals surface area contributed by atoms with Crippen LogP contribution in [0.3, 0.4) is 0 Å². The number of benzene rings is 2. The molecule has 3 heterocycles. The summed E-state index contributed by atoms with van der Waals surface area (Å²) in [5.74, 6) is 1.38. The van der Waals surface area contributed by atoms with Gasteiger partial charge in [0.2, 0.25) is 0 Å². The van der Waals surface area contributed by atoms with Crippen LogP contribution in [0.4, 0.5) is 10.6 Å². The van der Waals surface area contributed by atoms with Crippen molar-refractivity contribution in [3.63, 3.8) is 0 Å². The summed E-state index contributed by atoms with van der Waals surface area (Å²) in [5.41, 5.74) is 2.29. The molecule has 1 aliphatic heterocycles. The molecule has 1 fully saturated rings. The number of amides is 2. The molecule has 3 N–H and O–H groups in total. The van der Waals surface area contributed by atoms with E-state index < -0.39 is 0 Å². The van der Waals surface area contributed by atoms with Crippen LogP contribution in [-0.2, 0) is 11.3 Å². The number of pyridine rings is 1. The van der Waals surface area contributed by atoms with Crippen molar-refractivity contribution >= 4 is 28.7 Å². The SMILES string of the molecule is CNC(=O)n1ccc2cc(Oc3ccnc(NC(=O)c4ccc(CN5CCC(O)CC5)cc4)c3)c(OCCOC)cc21. The Kier molecular flexibility index (Phi) is 9.32. The number of hydrogen-bond acceptors (Lipinski definition) is 8. The summed E-state index contributed by atoms with van der Waals surface area (Å²) in [4.78, 5) is 31.8. The van der Waals surface area contributed by atoms with Crippen molar-refractivity contribution in [2.24, 2.45) is 0 Å². The van der Waals surface area contributed by atoms with Crippen molar-refractivity contribution in [2.45, 2.75) is 25.5 Å². The normalized spacial score (nSPS) is 14.1. The molecule has 11 heteroatoms. The average molecular weight is 574 g/mol. The smallest absolute Gasteiger partial charge is 0.325 e. The number of piperidine rings is 1. The monoisotopic (exact) mass is 573 g/mol. The van der Waals surface area contributed by atoms with Crippen molar-refractivity contribution in [1.29, 1.82) is 0 Å². The van der Waals surface area contributed by atoms with Crippen LogP contribution in [0, 0.1) is 0 Å². The Hall–Kier alpha value is -4.45. The third-order valence-electron chi connectivity index (χ3n) is 7.11. The molecule has 2 amide bonds. The first-order valence-electron chi connectivity index (χ1n) is 13.9. The van der Waals surface area contributed by atoms with Gasteiger partial charge in [0.15, 0.2) is 11.5 Å². The quantitative estimate of drug-likeness (QED) is 0.240. The highest BCUT2D eigenvalue weighted by molar-refractivity contribution is 6.03. The number of rotatable bonds is 10. The van der Waals surface area contributed by atoms with E-state index in [-0.39, 0.29) is 24.6 Å². The Bertz CT molecular complexity index is 1530. The zero-order valence-corrected chi connectivity index (χ0v) is 23.7. The first-order chi connectivity index (χ1) is 20.4. The van der Waals surface area contributed by atoms with Crippen LogP contribution in [0.5, 0.6) is 17.2 Å². The molecule has 1 aliphatic rings. The highest BCUT2D eigenvalue weighted by atomic mass is 16.5. The fourth-order valence-electron chi connectivity index (χ4n) is 4.82. The number of likely N-dealkylation sites (tertiary alicyclic amines) is 1. The number of aliphatic hydroxyl groups excluding tert-OH is 1. The number of nitrogens with zero attached hydrogens (tertiary/aromatic N) is 3. The van der Waals surface area contributed by atoms with Gasteiger partial charge < -0.3 is 30.0 Å². The lowest BCUT2D eigenvalue weighted by Crippen LogP contribution is -2.35. The molecule has 1 saturated heterocycles. The standard InChI is InChI=1S/C31H35N5O6/c1-32-31(39)36-14-8-23-17-28(27(19-26(23)36)41-16-15-40-2)42-25-7-11-33-29(18-25)34-30(38)22-5-3-21(4-6-22)20-35-12-9-24(37)10-13-35/h3-8,11,14,17-19,24,37H,9-10,12-13,15-16,20H2,1-2H3,(H,32,39)(H,33,34,38). The van der Waals surface area contributed by atoms with Gasteiger partial charge in [-0.2, -0.15) is 0 Å². The number of hydrogen-bond donors (Lipinski definition) is 3. The lowest BCUT2D eigenvalue weighted by atomic mass is 10.1. The summed E-state index contributed by atoms with van der Waals surface area (Å²) in [6.07, 6.45) is 4.61. The van der Waals surface area contributed by atoms with E-state index in [0.29, 0.717) is 40.8 Å². The van der Waals surface area contributed by atoms with Crippen molar-refractivity contribution in [3.8, 4) is 17.2 Å². The predicted molar refractivity (Wildman–Crippen MR) is 158 cm³/mol. The Morgan fingerprint density at radius 3 is 2.55 bits per heavy atom. The molecule has 4 aromatic rings. The van der Waals surface area contributed by atoms with Crippen molar-refractivity contribution < 1.29 is 28.9 Å².